The highest BCUT2D eigenvalue weighted by Gasteiger charge is 2.23. The minimum atomic E-state index is -0.501. The molecule has 0 bridgehead atoms. The van der Waals surface area contributed by atoms with Gasteiger partial charge in [0.2, 0.25) is 6.23 Å². The fraction of sp³-hybridized carbons (Fsp3) is 0.381. The Morgan fingerprint density at radius 2 is 2.00 bits per heavy atom. The van der Waals surface area contributed by atoms with Crippen LogP contribution in [0.4, 0.5) is 0 Å². The Balaban J connectivity index is 1.80. The van der Waals surface area contributed by atoms with Crippen LogP contribution in [0.1, 0.15) is 18.9 Å². The van der Waals surface area contributed by atoms with E-state index in [-0.39, 0.29) is 56.1 Å². The molecule has 3 aromatic rings. The molecule has 0 fully saturated rings. The molecule has 4 rings (SSSR count). The molecule has 0 amide bonds. The molecule has 170 valence electrons. The highest BCUT2D eigenvalue weighted by molar-refractivity contribution is 6.30. The zero-order chi connectivity index (χ0) is 22.8. The van der Waals surface area contributed by atoms with Crippen LogP contribution < -0.4 is 21.3 Å². The molecule has 32 heavy (non-hydrogen) atoms. The Hall–Kier alpha value is -3.24. The minimum absolute atomic E-state index is 0.102. The number of benzene rings is 1. The van der Waals surface area contributed by atoms with Crippen LogP contribution in [0.2, 0.25) is 5.02 Å². The van der Waals surface area contributed by atoms with Crippen molar-refractivity contribution in [2.45, 2.75) is 32.7 Å². The first kappa shape index (κ1) is 22.0. The first-order valence-corrected chi connectivity index (χ1v) is 10.5. The number of aliphatic hydroxyl groups excluding tert-OH is 1. The summed E-state index contributed by atoms with van der Waals surface area (Å²) in [6.07, 6.45) is 1.64. The van der Waals surface area contributed by atoms with Gasteiger partial charge in [0.25, 0.3) is 11.6 Å². The smallest absolute Gasteiger partial charge is 0.332 e. The number of hydrogen-bond acceptors (Lipinski definition) is 7. The van der Waals surface area contributed by atoms with Gasteiger partial charge in [-0.25, -0.2) is 4.79 Å². The van der Waals surface area contributed by atoms with E-state index in [4.69, 9.17) is 26.2 Å². The molecule has 1 aromatic carbocycles. The zero-order valence-corrected chi connectivity index (χ0v) is 18.5. The number of aliphatic hydroxyl groups is 1. The van der Waals surface area contributed by atoms with Crippen molar-refractivity contribution in [2.24, 2.45) is 7.05 Å². The fourth-order valence-corrected chi connectivity index (χ4v) is 3.67. The van der Waals surface area contributed by atoms with Crippen LogP contribution in [0.25, 0.3) is 11.2 Å². The van der Waals surface area contributed by atoms with E-state index in [0.29, 0.717) is 5.02 Å². The predicted molar refractivity (Wildman–Crippen MR) is 119 cm³/mol. The molecule has 2 aromatic heterocycles. The lowest BCUT2D eigenvalue weighted by Crippen LogP contribution is -2.40. The van der Waals surface area contributed by atoms with Gasteiger partial charge in [-0.1, -0.05) is 23.7 Å². The molecule has 1 aliphatic rings. The van der Waals surface area contributed by atoms with Crippen LogP contribution in [0.3, 0.4) is 0 Å². The molecule has 1 unspecified atom stereocenters. The molecule has 0 saturated carbocycles. The third kappa shape index (κ3) is 4.23. The number of aromatic nitrogens is 4. The molecule has 0 spiro atoms. The van der Waals surface area contributed by atoms with Crippen molar-refractivity contribution in [3.05, 3.63) is 67.6 Å². The van der Waals surface area contributed by atoms with E-state index in [1.54, 1.807) is 29.9 Å². The third-order valence-corrected chi connectivity index (χ3v) is 5.41. The van der Waals surface area contributed by atoms with Crippen molar-refractivity contribution >= 4 is 22.8 Å². The van der Waals surface area contributed by atoms with Gasteiger partial charge in [0.05, 0.1) is 6.54 Å². The lowest BCUT2D eigenvalue weighted by molar-refractivity contribution is 0.0718. The highest BCUT2D eigenvalue weighted by Crippen LogP contribution is 2.21. The van der Waals surface area contributed by atoms with Gasteiger partial charge in [-0.05, 0) is 31.0 Å². The summed E-state index contributed by atoms with van der Waals surface area (Å²) >= 11 is 6.01. The lowest BCUT2D eigenvalue weighted by atomic mass is 10.2. The van der Waals surface area contributed by atoms with Crippen LogP contribution in [0, 0.1) is 0 Å². The summed E-state index contributed by atoms with van der Waals surface area (Å²) in [5.74, 6) is 0.738. The summed E-state index contributed by atoms with van der Waals surface area (Å²) in [6.45, 7) is 2.23. The highest BCUT2D eigenvalue weighted by atomic mass is 35.5. The molecule has 0 radical (unpaired) electrons. The molecule has 2 N–H and O–H groups in total. The first-order chi connectivity index (χ1) is 15.4. The van der Waals surface area contributed by atoms with Crippen molar-refractivity contribution < 1.29 is 14.6 Å². The van der Waals surface area contributed by atoms with E-state index in [0.717, 1.165) is 15.9 Å². The Labute approximate surface area is 188 Å². The van der Waals surface area contributed by atoms with Gasteiger partial charge in [0, 0.05) is 31.4 Å². The quantitative estimate of drug-likeness (QED) is 0.517. The maximum absolute atomic E-state index is 13.3. The largest absolute Gasteiger partial charge is 0.470 e. The van der Waals surface area contributed by atoms with Crippen molar-refractivity contribution in [1.29, 1.82) is 0 Å². The Morgan fingerprint density at radius 1 is 1.25 bits per heavy atom. The van der Waals surface area contributed by atoms with E-state index in [9.17, 15) is 9.59 Å². The summed E-state index contributed by atoms with van der Waals surface area (Å²) in [5.41, 5.74) is 0.352. The number of imidazole rings is 1. The van der Waals surface area contributed by atoms with Crippen molar-refractivity contribution in [2.75, 3.05) is 13.2 Å². The van der Waals surface area contributed by atoms with Gasteiger partial charge < -0.3 is 19.9 Å². The second-order valence-corrected chi connectivity index (χ2v) is 7.93. The number of nitrogens with one attached hydrogen (secondary N) is 1. The van der Waals surface area contributed by atoms with Crippen molar-refractivity contribution in [3.8, 4) is 6.01 Å². The van der Waals surface area contributed by atoms with E-state index < -0.39 is 11.2 Å². The average Bonchev–Trinajstić information content (AvgIpc) is 3.36. The topological polar surface area (TPSA) is 113 Å². The van der Waals surface area contributed by atoms with Crippen LogP contribution in [0.5, 0.6) is 6.01 Å². The molecule has 0 aliphatic carbocycles. The first-order valence-electron chi connectivity index (χ1n) is 10.2. The molecular weight excluding hydrogens is 438 g/mol. The van der Waals surface area contributed by atoms with Gasteiger partial charge in [-0.15, -0.1) is 0 Å². The third-order valence-electron chi connectivity index (χ3n) is 5.16. The number of halogens is 1. The summed E-state index contributed by atoms with van der Waals surface area (Å²) < 4.78 is 15.6. The van der Waals surface area contributed by atoms with E-state index >= 15 is 0 Å². The normalized spacial score (nSPS) is 15.5. The maximum atomic E-state index is 13.3. The molecular formula is C21H24ClN5O5. The molecule has 11 heteroatoms. The second kappa shape index (κ2) is 9.09. The summed E-state index contributed by atoms with van der Waals surface area (Å²) in [7, 11) is 1.55. The lowest BCUT2D eigenvalue weighted by Gasteiger charge is -2.14. The Morgan fingerprint density at radius 3 is 2.66 bits per heavy atom. The van der Waals surface area contributed by atoms with Gasteiger partial charge in [-0.3, -0.25) is 18.5 Å². The van der Waals surface area contributed by atoms with Crippen molar-refractivity contribution in [3.63, 3.8) is 0 Å². The van der Waals surface area contributed by atoms with E-state index in [1.807, 2.05) is 19.1 Å². The van der Waals surface area contributed by atoms with E-state index in [1.165, 1.54) is 4.57 Å². The van der Waals surface area contributed by atoms with E-state index in [2.05, 4.69) is 10.3 Å². The van der Waals surface area contributed by atoms with Crippen LogP contribution in [-0.4, -0.2) is 43.2 Å². The SMILES string of the molecule is CC1=CNC(COc2nc3c(c(=O)n(CCCO)c(=O)n3C)n2Cc2ccc(Cl)cc2)O1. The van der Waals surface area contributed by atoms with Gasteiger partial charge >= 0.3 is 5.69 Å². The van der Waals surface area contributed by atoms with Crippen molar-refractivity contribution in [1.82, 2.24) is 24.0 Å². The summed E-state index contributed by atoms with van der Waals surface area (Å²) in [6, 6.07) is 7.41. The summed E-state index contributed by atoms with van der Waals surface area (Å²) in [5, 5.41) is 12.8. The number of ether oxygens (including phenoxy) is 2. The fourth-order valence-electron chi connectivity index (χ4n) is 3.54. The monoisotopic (exact) mass is 461 g/mol. The van der Waals surface area contributed by atoms with Gasteiger partial charge in [-0.2, -0.15) is 4.98 Å². The predicted octanol–water partition coefficient (Wildman–Crippen LogP) is 1.17. The molecule has 10 nitrogen and oxygen atoms in total. The number of rotatable bonds is 8. The summed E-state index contributed by atoms with van der Waals surface area (Å²) in [4.78, 5) is 30.5. The number of aryl methyl sites for hydroxylation is 1. The van der Waals surface area contributed by atoms with Crippen LogP contribution in [0.15, 0.2) is 45.8 Å². The van der Waals surface area contributed by atoms with Crippen LogP contribution in [-0.2, 0) is 24.9 Å². The standard InChI is InChI=1S/C21H24ClN5O5/c1-13-10-23-16(32-13)12-31-20-24-18-17(27(20)11-14-4-6-15(22)7-5-14)19(29)26(8-3-9-28)21(30)25(18)2/h4-7,10,16,23,28H,3,8-9,11-12H2,1-2H3. The zero-order valence-electron chi connectivity index (χ0n) is 17.7. The Bertz CT molecular complexity index is 1270. The van der Waals surface area contributed by atoms with Gasteiger partial charge in [0.1, 0.15) is 12.4 Å². The van der Waals surface area contributed by atoms with Crippen LogP contribution >= 0.6 is 11.6 Å². The Kier molecular flexibility index (Phi) is 6.24. The van der Waals surface area contributed by atoms with Gasteiger partial charge in [0.15, 0.2) is 11.2 Å². The molecule has 1 atom stereocenters. The average molecular weight is 462 g/mol. The minimum Gasteiger partial charge on any atom is -0.470 e. The number of hydrogen-bond donors (Lipinski definition) is 2. The number of nitrogens with zero attached hydrogens (tertiary/aromatic N) is 4. The number of fused-ring (bicyclic) bond motifs is 1. The molecule has 1 aliphatic heterocycles. The molecule has 3 heterocycles. The molecule has 0 saturated heterocycles. The number of allylic oxidation sites excluding steroid dienone is 1. The second-order valence-electron chi connectivity index (χ2n) is 7.49. The maximum Gasteiger partial charge on any atom is 0.332 e.